The molecule has 1 aromatic heterocycles. The fraction of sp³-hybridized carbons (Fsp3) is 0.176. The van der Waals surface area contributed by atoms with Crippen molar-refractivity contribution < 1.29 is 14.4 Å². The molecule has 124 valence electrons. The van der Waals surface area contributed by atoms with Gasteiger partial charge in [0.1, 0.15) is 11.5 Å². The SMILES string of the molecule is CC(C)Oc1ccc(-c2nc(-c3ccc(O)cc3Cl)no2)cc1N. The number of phenolic OH excluding ortho intramolecular Hbond substituents is 1. The average Bonchev–Trinajstić information content (AvgIpc) is 2.98. The number of ether oxygens (including phenoxy) is 1. The summed E-state index contributed by atoms with van der Waals surface area (Å²) in [6.45, 7) is 3.86. The molecule has 0 saturated carbocycles. The molecule has 0 unspecified atom stereocenters. The molecule has 0 fully saturated rings. The minimum atomic E-state index is 0.0322. The van der Waals surface area contributed by atoms with Crippen LogP contribution in [0.4, 0.5) is 5.69 Å². The van der Waals surface area contributed by atoms with Crippen LogP contribution in [0, 0.1) is 0 Å². The lowest BCUT2D eigenvalue weighted by Gasteiger charge is -2.12. The molecule has 0 amide bonds. The van der Waals surface area contributed by atoms with Gasteiger partial charge in [-0.05, 0) is 50.2 Å². The van der Waals surface area contributed by atoms with Gasteiger partial charge < -0.3 is 20.1 Å². The Morgan fingerprint density at radius 2 is 2.00 bits per heavy atom. The Bertz CT molecular complexity index is 877. The average molecular weight is 346 g/mol. The fourth-order valence-corrected chi connectivity index (χ4v) is 2.44. The van der Waals surface area contributed by atoms with Crippen LogP contribution < -0.4 is 10.5 Å². The van der Waals surface area contributed by atoms with Gasteiger partial charge in [-0.1, -0.05) is 16.8 Å². The molecule has 7 heteroatoms. The van der Waals surface area contributed by atoms with Crippen LogP contribution in [-0.4, -0.2) is 21.4 Å². The quantitative estimate of drug-likeness (QED) is 0.690. The first-order chi connectivity index (χ1) is 11.4. The summed E-state index contributed by atoms with van der Waals surface area (Å²) in [7, 11) is 0. The van der Waals surface area contributed by atoms with E-state index < -0.39 is 0 Å². The number of rotatable bonds is 4. The highest BCUT2D eigenvalue weighted by Crippen LogP contribution is 2.32. The maximum atomic E-state index is 9.41. The van der Waals surface area contributed by atoms with Crippen LogP contribution in [0.15, 0.2) is 40.9 Å². The van der Waals surface area contributed by atoms with Crippen LogP contribution in [0.2, 0.25) is 5.02 Å². The van der Waals surface area contributed by atoms with Gasteiger partial charge in [0.2, 0.25) is 5.82 Å². The Balaban J connectivity index is 1.92. The highest BCUT2D eigenvalue weighted by Gasteiger charge is 2.15. The maximum Gasteiger partial charge on any atom is 0.258 e. The minimum absolute atomic E-state index is 0.0322. The summed E-state index contributed by atoms with van der Waals surface area (Å²) < 4.78 is 10.9. The predicted octanol–water partition coefficient (Wildman–Crippen LogP) is 4.13. The molecule has 0 aliphatic rings. The molecule has 24 heavy (non-hydrogen) atoms. The molecule has 0 radical (unpaired) electrons. The molecule has 0 saturated heterocycles. The van der Waals surface area contributed by atoms with Crippen LogP contribution in [0.25, 0.3) is 22.8 Å². The van der Waals surface area contributed by atoms with E-state index in [0.717, 1.165) is 0 Å². The first-order valence-electron chi connectivity index (χ1n) is 7.33. The van der Waals surface area contributed by atoms with Crippen molar-refractivity contribution in [2.45, 2.75) is 20.0 Å². The lowest BCUT2D eigenvalue weighted by molar-refractivity contribution is 0.244. The summed E-state index contributed by atoms with van der Waals surface area (Å²) in [5.74, 6) is 1.32. The molecular weight excluding hydrogens is 330 g/mol. The van der Waals surface area contributed by atoms with Crippen molar-refractivity contribution in [3.05, 3.63) is 41.4 Å². The Kier molecular flexibility index (Phi) is 4.31. The molecule has 3 N–H and O–H groups in total. The van der Waals surface area contributed by atoms with E-state index >= 15 is 0 Å². The number of phenols is 1. The summed E-state index contributed by atoms with van der Waals surface area (Å²) in [6, 6.07) is 9.83. The second-order valence-corrected chi connectivity index (χ2v) is 5.91. The third-order valence-corrected chi connectivity index (χ3v) is 3.55. The highest BCUT2D eigenvalue weighted by atomic mass is 35.5. The Morgan fingerprint density at radius 3 is 2.67 bits per heavy atom. The molecule has 6 nitrogen and oxygen atoms in total. The number of nitrogens with two attached hydrogens (primary N) is 1. The van der Waals surface area contributed by atoms with Gasteiger partial charge in [-0.2, -0.15) is 4.98 Å². The molecule has 0 aliphatic carbocycles. The van der Waals surface area contributed by atoms with Crippen LogP contribution in [0.3, 0.4) is 0 Å². The molecule has 1 heterocycles. The van der Waals surface area contributed by atoms with Crippen molar-refractivity contribution in [2.75, 3.05) is 5.73 Å². The second-order valence-electron chi connectivity index (χ2n) is 5.51. The Labute approximate surface area is 143 Å². The third-order valence-electron chi connectivity index (χ3n) is 3.24. The Hall–Kier alpha value is -2.73. The second kappa shape index (κ2) is 6.41. The largest absolute Gasteiger partial charge is 0.508 e. The predicted molar refractivity (Wildman–Crippen MR) is 92.0 cm³/mol. The lowest BCUT2D eigenvalue weighted by atomic mass is 10.2. The number of aromatic hydroxyl groups is 1. The van der Waals surface area contributed by atoms with Crippen molar-refractivity contribution in [3.63, 3.8) is 0 Å². The van der Waals surface area contributed by atoms with Crippen molar-refractivity contribution in [1.29, 1.82) is 0 Å². The number of nitrogen functional groups attached to an aromatic ring is 1. The van der Waals surface area contributed by atoms with E-state index in [9.17, 15) is 5.11 Å². The minimum Gasteiger partial charge on any atom is -0.508 e. The van der Waals surface area contributed by atoms with E-state index in [1.807, 2.05) is 13.8 Å². The van der Waals surface area contributed by atoms with Gasteiger partial charge in [-0.3, -0.25) is 0 Å². The molecular formula is C17H16ClN3O3. The van der Waals surface area contributed by atoms with Gasteiger partial charge in [0, 0.05) is 11.1 Å². The molecule has 0 atom stereocenters. The van der Waals surface area contributed by atoms with Crippen LogP contribution in [-0.2, 0) is 0 Å². The summed E-state index contributed by atoms with van der Waals surface area (Å²) in [5.41, 5.74) is 7.74. The van der Waals surface area contributed by atoms with Crippen molar-refractivity contribution in [1.82, 2.24) is 10.1 Å². The standard InChI is InChI=1S/C17H16ClN3O3/c1-9(2)23-15-6-3-10(7-14(15)19)17-20-16(21-24-17)12-5-4-11(22)8-13(12)18/h3-9,22H,19H2,1-2H3. The number of aromatic nitrogens is 2. The molecule has 0 aliphatic heterocycles. The number of hydrogen-bond donors (Lipinski definition) is 2. The Morgan fingerprint density at radius 1 is 1.21 bits per heavy atom. The summed E-state index contributed by atoms with van der Waals surface area (Å²) >= 11 is 6.10. The summed E-state index contributed by atoms with van der Waals surface area (Å²) in [5, 5.41) is 13.7. The first-order valence-corrected chi connectivity index (χ1v) is 7.71. The summed E-state index contributed by atoms with van der Waals surface area (Å²) in [4.78, 5) is 4.33. The highest BCUT2D eigenvalue weighted by molar-refractivity contribution is 6.33. The van der Waals surface area contributed by atoms with E-state index in [1.165, 1.54) is 12.1 Å². The summed E-state index contributed by atoms with van der Waals surface area (Å²) in [6.07, 6.45) is 0.0322. The van der Waals surface area contributed by atoms with Gasteiger partial charge in [0.05, 0.1) is 16.8 Å². The third kappa shape index (κ3) is 3.28. The van der Waals surface area contributed by atoms with Gasteiger partial charge in [-0.15, -0.1) is 0 Å². The lowest BCUT2D eigenvalue weighted by Crippen LogP contribution is -2.07. The number of nitrogens with zero attached hydrogens (tertiary/aromatic N) is 2. The zero-order chi connectivity index (χ0) is 17.3. The van der Waals surface area contributed by atoms with E-state index in [2.05, 4.69) is 10.1 Å². The molecule has 0 spiro atoms. The van der Waals surface area contributed by atoms with Crippen LogP contribution in [0.5, 0.6) is 11.5 Å². The maximum absolute atomic E-state index is 9.41. The topological polar surface area (TPSA) is 94.4 Å². The number of anilines is 1. The van der Waals surface area contributed by atoms with E-state index in [0.29, 0.717) is 39.3 Å². The van der Waals surface area contributed by atoms with Gasteiger partial charge in [0.15, 0.2) is 0 Å². The van der Waals surface area contributed by atoms with Crippen molar-refractivity contribution in [2.24, 2.45) is 0 Å². The zero-order valence-electron chi connectivity index (χ0n) is 13.2. The smallest absolute Gasteiger partial charge is 0.258 e. The normalized spacial score (nSPS) is 11.0. The van der Waals surface area contributed by atoms with Crippen LogP contribution >= 0.6 is 11.6 Å². The zero-order valence-corrected chi connectivity index (χ0v) is 13.9. The van der Waals surface area contributed by atoms with Gasteiger partial charge in [-0.25, -0.2) is 0 Å². The van der Waals surface area contributed by atoms with E-state index in [-0.39, 0.29) is 11.9 Å². The van der Waals surface area contributed by atoms with Gasteiger partial charge in [0.25, 0.3) is 5.89 Å². The first kappa shape index (κ1) is 16.1. The monoisotopic (exact) mass is 345 g/mol. The van der Waals surface area contributed by atoms with E-state index in [1.54, 1.807) is 24.3 Å². The molecule has 0 bridgehead atoms. The molecule has 3 rings (SSSR count). The number of hydrogen-bond acceptors (Lipinski definition) is 6. The van der Waals surface area contributed by atoms with Crippen molar-refractivity contribution in [3.8, 4) is 34.3 Å². The molecule has 2 aromatic carbocycles. The molecule has 3 aromatic rings. The van der Waals surface area contributed by atoms with Crippen molar-refractivity contribution >= 4 is 17.3 Å². The fourth-order valence-electron chi connectivity index (χ4n) is 2.18. The van der Waals surface area contributed by atoms with Gasteiger partial charge >= 0.3 is 0 Å². The number of halogens is 1. The van der Waals surface area contributed by atoms with Crippen LogP contribution in [0.1, 0.15) is 13.8 Å². The number of benzene rings is 2. The van der Waals surface area contributed by atoms with E-state index in [4.69, 9.17) is 26.6 Å².